The molecule has 38 heavy (non-hydrogen) atoms. The van der Waals surface area contributed by atoms with Gasteiger partial charge in [-0.05, 0) is 30.5 Å². The molecule has 7 nitrogen and oxygen atoms in total. The summed E-state index contributed by atoms with van der Waals surface area (Å²) in [5.74, 6) is -1.40. The first-order valence-electron chi connectivity index (χ1n) is 13.3. The van der Waals surface area contributed by atoms with Crippen LogP contribution < -0.4 is 5.32 Å². The number of ether oxygens (including phenoxy) is 1. The van der Waals surface area contributed by atoms with E-state index in [0.29, 0.717) is 19.0 Å². The van der Waals surface area contributed by atoms with E-state index in [1.807, 2.05) is 43.3 Å². The number of benzene rings is 3. The SMILES string of the molecule is CCOC(=O)C1C(=O)NC(N2CCN(C(c3ccccc3)c3ccccc3)CC2)=NC1c1ccc(C)cc1. The Kier molecular flexibility index (Phi) is 7.84. The number of rotatable bonds is 6. The fraction of sp³-hybridized carbons (Fsp3) is 0.323. The number of nitrogens with one attached hydrogen (secondary N) is 1. The van der Waals surface area contributed by atoms with Crippen molar-refractivity contribution < 1.29 is 14.3 Å². The summed E-state index contributed by atoms with van der Waals surface area (Å²) >= 11 is 0. The Bertz CT molecular complexity index is 1230. The molecule has 2 unspecified atom stereocenters. The summed E-state index contributed by atoms with van der Waals surface area (Å²) in [5.41, 5.74) is 4.45. The number of hydrogen-bond acceptors (Lipinski definition) is 6. The van der Waals surface area contributed by atoms with Gasteiger partial charge in [0.2, 0.25) is 11.9 Å². The summed E-state index contributed by atoms with van der Waals surface area (Å²) in [6, 6.07) is 28.5. The Hall–Kier alpha value is -3.97. The zero-order valence-electron chi connectivity index (χ0n) is 21.9. The van der Waals surface area contributed by atoms with E-state index in [1.54, 1.807) is 6.92 Å². The van der Waals surface area contributed by atoms with Crippen molar-refractivity contribution in [3.05, 3.63) is 107 Å². The van der Waals surface area contributed by atoms with Crippen LogP contribution in [0.2, 0.25) is 0 Å². The first-order chi connectivity index (χ1) is 18.5. The fourth-order valence-corrected chi connectivity index (χ4v) is 5.31. The lowest BCUT2D eigenvalue weighted by Gasteiger charge is -2.42. The highest BCUT2D eigenvalue weighted by Gasteiger charge is 2.42. The number of amides is 1. The van der Waals surface area contributed by atoms with Crippen LogP contribution in [-0.2, 0) is 14.3 Å². The molecule has 7 heteroatoms. The van der Waals surface area contributed by atoms with Crippen molar-refractivity contribution in [3.63, 3.8) is 0 Å². The lowest BCUT2D eigenvalue weighted by Crippen LogP contribution is -2.57. The summed E-state index contributed by atoms with van der Waals surface area (Å²) < 4.78 is 5.24. The first-order valence-corrected chi connectivity index (χ1v) is 13.3. The van der Waals surface area contributed by atoms with Gasteiger partial charge in [-0.2, -0.15) is 0 Å². The Morgan fingerprint density at radius 3 is 2.05 bits per heavy atom. The van der Waals surface area contributed by atoms with Crippen molar-refractivity contribution in [2.45, 2.75) is 25.9 Å². The third-order valence-electron chi connectivity index (χ3n) is 7.26. The Morgan fingerprint density at radius 1 is 0.921 bits per heavy atom. The normalized spacial score (nSPS) is 20.1. The number of aliphatic imine (C=N–C) groups is 1. The molecule has 3 aromatic rings. The van der Waals surface area contributed by atoms with Gasteiger partial charge in [0.05, 0.1) is 12.6 Å². The fourth-order valence-electron chi connectivity index (χ4n) is 5.31. The maximum Gasteiger partial charge on any atom is 0.321 e. The number of hydrogen-bond donors (Lipinski definition) is 1. The molecule has 0 saturated carbocycles. The minimum absolute atomic E-state index is 0.149. The van der Waals surface area contributed by atoms with E-state index in [2.05, 4.69) is 63.6 Å². The van der Waals surface area contributed by atoms with Gasteiger partial charge in [0.1, 0.15) is 6.04 Å². The van der Waals surface area contributed by atoms with E-state index >= 15 is 0 Å². The molecule has 196 valence electrons. The molecule has 0 radical (unpaired) electrons. The molecule has 2 atom stereocenters. The molecule has 5 rings (SSSR count). The van der Waals surface area contributed by atoms with Crippen LogP contribution in [0.1, 0.15) is 41.3 Å². The van der Waals surface area contributed by atoms with Crippen LogP contribution in [-0.4, -0.2) is 60.4 Å². The maximum atomic E-state index is 13.2. The topological polar surface area (TPSA) is 74.2 Å². The lowest BCUT2D eigenvalue weighted by atomic mass is 9.91. The summed E-state index contributed by atoms with van der Waals surface area (Å²) in [5, 5.41) is 2.91. The van der Waals surface area contributed by atoms with Gasteiger partial charge in [-0.1, -0.05) is 90.5 Å². The summed E-state index contributed by atoms with van der Waals surface area (Å²) in [6.45, 7) is 6.99. The lowest BCUT2D eigenvalue weighted by molar-refractivity contribution is -0.153. The van der Waals surface area contributed by atoms with Crippen LogP contribution in [0.25, 0.3) is 0 Å². The molecule has 2 heterocycles. The number of guanidine groups is 1. The number of aryl methyl sites for hydroxylation is 1. The van der Waals surface area contributed by atoms with Crippen LogP contribution >= 0.6 is 0 Å². The van der Waals surface area contributed by atoms with Crippen molar-refractivity contribution in [1.29, 1.82) is 0 Å². The third kappa shape index (κ3) is 5.48. The van der Waals surface area contributed by atoms with E-state index in [0.717, 1.165) is 24.2 Å². The van der Waals surface area contributed by atoms with Gasteiger partial charge in [-0.3, -0.25) is 19.8 Å². The molecule has 0 aliphatic carbocycles. The van der Waals surface area contributed by atoms with Crippen molar-refractivity contribution in [2.75, 3.05) is 32.8 Å². The Morgan fingerprint density at radius 2 is 1.50 bits per heavy atom. The molecule has 1 saturated heterocycles. The predicted octanol–water partition coefficient (Wildman–Crippen LogP) is 4.11. The van der Waals surface area contributed by atoms with Crippen molar-refractivity contribution in [1.82, 2.24) is 15.1 Å². The van der Waals surface area contributed by atoms with E-state index in [9.17, 15) is 9.59 Å². The van der Waals surface area contributed by atoms with Gasteiger partial charge in [0.25, 0.3) is 0 Å². The highest BCUT2D eigenvalue weighted by molar-refractivity contribution is 6.08. The third-order valence-corrected chi connectivity index (χ3v) is 7.26. The molecule has 1 N–H and O–H groups in total. The molecule has 0 aromatic heterocycles. The van der Waals surface area contributed by atoms with Crippen molar-refractivity contribution in [3.8, 4) is 0 Å². The zero-order chi connectivity index (χ0) is 26.5. The number of carbonyl (C=O) groups is 2. The molecule has 2 aliphatic heterocycles. The number of piperazine rings is 1. The van der Waals surface area contributed by atoms with Gasteiger partial charge in [-0.25, -0.2) is 4.99 Å². The highest BCUT2D eigenvalue weighted by atomic mass is 16.5. The molecular weight excluding hydrogens is 476 g/mol. The van der Waals surface area contributed by atoms with Crippen molar-refractivity contribution >= 4 is 17.8 Å². The molecule has 0 bridgehead atoms. The minimum Gasteiger partial charge on any atom is -0.465 e. The molecular formula is C31H34N4O3. The van der Waals surface area contributed by atoms with E-state index < -0.39 is 17.9 Å². The number of carbonyl (C=O) groups excluding carboxylic acids is 2. The van der Waals surface area contributed by atoms with Crippen LogP contribution in [0, 0.1) is 12.8 Å². The van der Waals surface area contributed by atoms with Gasteiger partial charge in [-0.15, -0.1) is 0 Å². The average Bonchev–Trinajstić information content (AvgIpc) is 2.95. The van der Waals surface area contributed by atoms with Crippen LogP contribution in [0.15, 0.2) is 89.9 Å². The second-order valence-electron chi connectivity index (χ2n) is 9.77. The molecule has 1 fully saturated rings. The summed E-state index contributed by atoms with van der Waals surface area (Å²) in [6.07, 6.45) is 0. The molecule has 0 spiro atoms. The smallest absolute Gasteiger partial charge is 0.321 e. The largest absolute Gasteiger partial charge is 0.465 e. The Balaban J connectivity index is 1.38. The van der Waals surface area contributed by atoms with Crippen LogP contribution in [0.4, 0.5) is 0 Å². The van der Waals surface area contributed by atoms with E-state index in [1.165, 1.54) is 11.1 Å². The van der Waals surface area contributed by atoms with Gasteiger partial charge in [0.15, 0.2) is 5.92 Å². The average molecular weight is 511 g/mol. The van der Waals surface area contributed by atoms with E-state index in [-0.39, 0.29) is 18.6 Å². The van der Waals surface area contributed by atoms with Gasteiger partial charge >= 0.3 is 5.97 Å². The molecule has 1 amide bonds. The molecule has 3 aromatic carbocycles. The van der Waals surface area contributed by atoms with Crippen LogP contribution in [0.5, 0.6) is 0 Å². The molecule has 2 aliphatic rings. The monoisotopic (exact) mass is 510 g/mol. The standard InChI is InChI=1S/C31H34N4O3/c1-3-38-30(37)26-27(23-16-14-22(2)15-17-23)32-31(33-29(26)36)35-20-18-34(19-21-35)28(24-10-6-4-7-11-24)25-12-8-5-9-13-25/h4-17,26-28H,3,18-21H2,1-2H3,(H,32,33,36). The summed E-state index contributed by atoms with van der Waals surface area (Å²) in [4.78, 5) is 35.5. The van der Waals surface area contributed by atoms with Gasteiger partial charge < -0.3 is 9.64 Å². The number of nitrogens with zero attached hydrogens (tertiary/aromatic N) is 3. The zero-order valence-corrected chi connectivity index (χ0v) is 21.9. The van der Waals surface area contributed by atoms with Gasteiger partial charge in [0, 0.05) is 26.2 Å². The van der Waals surface area contributed by atoms with Crippen LogP contribution in [0.3, 0.4) is 0 Å². The summed E-state index contributed by atoms with van der Waals surface area (Å²) in [7, 11) is 0. The van der Waals surface area contributed by atoms with E-state index in [4.69, 9.17) is 9.73 Å². The van der Waals surface area contributed by atoms with Crippen molar-refractivity contribution in [2.24, 2.45) is 10.9 Å². The second kappa shape index (κ2) is 11.6. The quantitative estimate of drug-likeness (QED) is 0.399. The number of esters is 1. The maximum absolute atomic E-state index is 13.2. The minimum atomic E-state index is -1.01. The predicted molar refractivity (Wildman–Crippen MR) is 147 cm³/mol. The highest BCUT2D eigenvalue weighted by Crippen LogP contribution is 2.33. The first kappa shape index (κ1) is 25.7. The Labute approximate surface area is 224 Å². The second-order valence-corrected chi connectivity index (χ2v) is 9.77.